The minimum absolute atomic E-state index is 0.333. The van der Waals surface area contributed by atoms with E-state index in [1.807, 2.05) is 4.93 Å². The van der Waals surface area contributed by atoms with Crippen molar-refractivity contribution in [3.05, 3.63) is 0 Å². The molecule has 0 aliphatic rings. The van der Waals surface area contributed by atoms with Gasteiger partial charge in [-0.05, 0) is 4.93 Å². The summed E-state index contributed by atoms with van der Waals surface area (Å²) in [5.41, 5.74) is 4.47. The molecule has 0 fully saturated rings. The maximum Gasteiger partial charge on any atom is 0.214 e. The zero-order valence-electron chi connectivity index (χ0n) is 3.86. The standard InChI is InChI=1S/C2H5NO.CH3I/c1-2(3)4;1-2/h1H3,(H2,3,4);1H3. The second kappa shape index (κ2) is 8.96. The average Bonchev–Trinajstić information content (AvgIpc) is 1.41. The molecule has 0 aromatic rings. The third-order valence-electron chi connectivity index (χ3n) is 0. The Morgan fingerprint density at radius 3 is 1.67 bits per heavy atom. The number of hydrogen-bond acceptors (Lipinski definition) is 1. The SMILES string of the molecule is CC(N)=O.CI. The Balaban J connectivity index is 0. The van der Waals surface area contributed by atoms with Crippen LogP contribution in [0.2, 0.25) is 0 Å². The van der Waals surface area contributed by atoms with Crippen molar-refractivity contribution >= 4 is 28.5 Å². The van der Waals surface area contributed by atoms with Gasteiger partial charge in [0.2, 0.25) is 5.91 Å². The summed E-state index contributed by atoms with van der Waals surface area (Å²) in [7, 11) is 0. The molecule has 0 saturated heterocycles. The number of carbonyl (C=O) groups is 1. The first-order valence-corrected chi connectivity index (χ1v) is 3.53. The van der Waals surface area contributed by atoms with Gasteiger partial charge in [-0.1, -0.05) is 22.6 Å². The zero-order valence-corrected chi connectivity index (χ0v) is 6.02. The summed E-state index contributed by atoms with van der Waals surface area (Å²) in [6, 6.07) is 0. The molecular weight excluding hydrogens is 193 g/mol. The number of amides is 1. The molecule has 0 atom stereocenters. The molecule has 0 unspecified atom stereocenters. The van der Waals surface area contributed by atoms with Crippen LogP contribution in [-0.2, 0) is 4.79 Å². The first-order valence-electron chi connectivity index (χ1n) is 1.37. The molecule has 0 radical (unpaired) electrons. The molecular formula is C3H8INO. The molecule has 1 amide bonds. The van der Waals surface area contributed by atoms with E-state index in [-0.39, 0.29) is 5.91 Å². The van der Waals surface area contributed by atoms with Crippen molar-refractivity contribution in [2.24, 2.45) is 5.73 Å². The van der Waals surface area contributed by atoms with E-state index in [2.05, 4.69) is 28.3 Å². The monoisotopic (exact) mass is 201 g/mol. The van der Waals surface area contributed by atoms with Crippen LogP contribution in [0.25, 0.3) is 0 Å². The third kappa shape index (κ3) is 1080. The fourth-order valence-electron chi connectivity index (χ4n) is 0. The van der Waals surface area contributed by atoms with E-state index in [0.29, 0.717) is 0 Å². The van der Waals surface area contributed by atoms with E-state index >= 15 is 0 Å². The van der Waals surface area contributed by atoms with E-state index in [1.165, 1.54) is 6.92 Å². The Kier molecular flexibility index (Phi) is 14.2. The van der Waals surface area contributed by atoms with Crippen LogP contribution in [0, 0.1) is 0 Å². The van der Waals surface area contributed by atoms with Gasteiger partial charge in [0.15, 0.2) is 0 Å². The van der Waals surface area contributed by atoms with Gasteiger partial charge in [-0.3, -0.25) is 4.79 Å². The smallest absolute Gasteiger partial charge is 0.214 e. The summed E-state index contributed by atoms with van der Waals surface area (Å²) >= 11 is 2.15. The van der Waals surface area contributed by atoms with Crippen molar-refractivity contribution in [3.63, 3.8) is 0 Å². The van der Waals surface area contributed by atoms with Crippen molar-refractivity contribution in [2.45, 2.75) is 6.92 Å². The summed E-state index contributed by atoms with van der Waals surface area (Å²) < 4.78 is 0. The lowest BCUT2D eigenvalue weighted by Gasteiger charge is -1.60. The minimum Gasteiger partial charge on any atom is -0.370 e. The van der Waals surface area contributed by atoms with Gasteiger partial charge in [0.1, 0.15) is 0 Å². The lowest BCUT2D eigenvalue weighted by molar-refractivity contribution is -0.115. The van der Waals surface area contributed by atoms with Gasteiger partial charge in [-0.25, -0.2) is 0 Å². The highest BCUT2D eigenvalue weighted by molar-refractivity contribution is 14.1. The molecule has 3 heteroatoms. The van der Waals surface area contributed by atoms with Gasteiger partial charge in [-0.15, -0.1) is 0 Å². The molecule has 0 bridgehead atoms. The van der Waals surface area contributed by atoms with Crippen molar-refractivity contribution in [3.8, 4) is 0 Å². The Morgan fingerprint density at radius 2 is 1.67 bits per heavy atom. The number of halogens is 1. The molecule has 6 heavy (non-hydrogen) atoms. The summed E-state index contributed by atoms with van der Waals surface area (Å²) in [4.78, 5) is 11.2. The largest absolute Gasteiger partial charge is 0.370 e. The van der Waals surface area contributed by atoms with E-state index in [0.717, 1.165) is 0 Å². The molecule has 0 aliphatic carbocycles. The molecule has 2 N–H and O–H groups in total. The lowest BCUT2D eigenvalue weighted by atomic mass is 10.8. The number of hydrogen-bond donors (Lipinski definition) is 1. The summed E-state index contributed by atoms with van der Waals surface area (Å²) in [5.74, 6) is -0.333. The fraction of sp³-hybridized carbons (Fsp3) is 0.667. The van der Waals surface area contributed by atoms with Gasteiger partial charge >= 0.3 is 0 Å². The van der Waals surface area contributed by atoms with Gasteiger partial charge in [0.25, 0.3) is 0 Å². The Bertz CT molecular complexity index is 33.8. The van der Waals surface area contributed by atoms with E-state index in [9.17, 15) is 4.79 Å². The maximum atomic E-state index is 9.22. The number of carbonyl (C=O) groups excluding carboxylic acids is 1. The highest BCUT2D eigenvalue weighted by atomic mass is 127. The normalized spacial score (nSPS) is 5.17. The second-order valence-corrected chi connectivity index (χ2v) is 0.611. The van der Waals surface area contributed by atoms with Crippen molar-refractivity contribution < 1.29 is 4.79 Å². The molecule has 0 saturated carbocycles. The Labute approximate surface area is 51.2 Å². The molecule has 0 aromatic carbocycles. The Morgan fingerprint density at radius 1 is 1.67 bits per heavy atom. The average molecular weight is 201 g/mol. The van der Waals surface area contributed by atoms with Crippen LogP contribution >= 0.6 is 22.6 Å². The fourth-order valence-corrected chi connectivity index (χ4v) is 0. The molecule has 0 aromatic heterocycles. The van der Waals surface area contributed by atoms with Crippen molar-refractivity contribution in [2.75, 3.05) is 4.93 Å². The highest BCUT2D eigenvalue weighted by Gasteiger charge is 1.61. The topological polar surface area (TPSA) is 43.1 Å². The van der Waals surface area contributed by atoms with Crippen LogP contribution in [0.4, 0.5) is 0 Å². The predicted molar refractivity (Wildman–Crippen MR) is 34.8 cm³/mol. The number of rotatable bonds is 0. The zero-order chi connectivity index (χ0) is 5.58. The van der Waals surface area contributed by atoms with Crippen molar-refractivity contribution in [1.82, 2.24) is 0 Å². The Hall–Kier alpha value is 0.200. The van der Waals surface area contributed by atoms with Crippen LogP contribution in [0.5, 0.6) is 0 Å². The van der Waals surface area contributed by atoms with Crippen molar-refractivity contribution in [1.29, 1.82) is 0 Å². The summed E-state index contributed by atoms with van der Waals surface area (Å²) in [5, 5.41) is 0. The van der Waals surface area contributed by atoms with Gasteiger partial charge in [0.05, 0.1) is 0 Å². The van der Waals surface area contributed by atoms with Crippen LogP contribution in [0.1, 0.15) is 6.92 Å². The first kappa shape index (κ1) is 9.50. The van der Waals surface area contributed by atoms with E-state index < -0.39 is 0 Å². The predicted octanol–water partition coefficient (Wildman–Crippen LogP) is 0.543. The van der Waals surface area contributed by atoms with Crippen LogP contribution in [0.3, 0.4) is 0 Å². The molecule has 0 heterocycles. The highest BCUT2D eigenvalue weighted by Crippen LogP contribution is 1.48. The van der Waals surface area contributed by atoms with Gasteiger partial charge in [0, 0.05) is 6.92 Å². The minimum atomic E-state index is -0.333. The van der Waals surface area contributed by atoms with E-state index in [1.54, 1.807) is 0 Å². The quantitative estimate of drug-likeness (QED) is 0.451. The maximum absolute atomic E-state index is 9.22. The van der Waals surface area contributed by atoms with Gasteiger partial charge in [-0.2, -0.15) is 0 Å². The van der Waals surface area contributed by atoms with Crippen LogP contribution in [-0.4, -0.2) is 10.8 Å². The number of alkyl halides is 1. The van der Waals surface area contributed by atoms with Crippen LogP contribution < -0.4 is 5.73 Å². The molecule has 0 spiro atoms. The molecule has 0 rings (SSSR count). The first-order chi connectivity index (χ1) is 2.73. The number of nitrogens with two attached hydrogens (primary N) is 1. The third-order valence-corrected chi connectivity index (χ3v) is 0. The number of primary amides is 1. The lowest BCUT2D eigenvalue weighted by Crippen LogP contribution is -2.01. The molecule has 0 aliphatic heterocycles. The van der Waals surface area contributed by atoms with E-state index in [4.69, 9.17) is 0 Å². The van der Waals surface area contributed by atoms with Gasteiger partial charge < -0.3 is 5.73 Å². The summed E-state index contributed by atoms with van der Waals surface area (Å²) in [6.45, 7) is 1.31. The molecule has 38 valence electrons. The molecule has 2 nitrogen and oxygen atoms in total. The second-order valence-electron chi connectivity index (χ2n) is 0.611. The summed E-state index contributed by atoms with van der Waals surface area (Å²) in [6.07, 6.45) is 0. The van der Waals surface area contributed by atoms with Crippen LogP contribution in [0.15, 0.2) is 0 Å².